The lowest BCUT2D eigenvalue weighted by Crippen LogP contribution is -2.46. The number of oxime groups is 1. The fraction of sp³-hybridized carbons (Fsp3) is 0.333. The van der Waals surface area contributed by atoms with Crippen LogP contribution in [0.4, 0.5) is 4.79 Å². The Morgan fingerprint density at radius 2 is 2.04 bits per heavy atom. The van der Waals surface area contributed by atoms with Crippen LogP contribution in [0.1, 0.15) is 5.56 Å². The lowest BCUT2D eigenvalue weighted by Gasteiger charge is -2.20. The summed E-state index contributed by atoms with van der Waals surface area (Å²) < 4.78 is 9.44. The van der Waals surface area contributed by atoms with Gasteiger partial charge in [-0.3, -0.25) is 4.79 Å². The topological polar surface area (TPSA) is 94.5 Å². The van der Waals surface area contributed by atoms with Gasteiger partial charge in [-0.2, -0.15) is 0 Å². The van der Waals surface area contributed by atoms with E-state index in [4.69, 9.17) is 9.57 Å². The number of carbonyl (C=O) groups excluding carboxylic acids is 3. The highest BCUT2D eigenvalue weighted by molar-refractivity contribution is 6.18. The molecule has 2 aliphatic heterocycles. The van der Waals surface area contributed by atoms with E-state index in [-0.39, 0.29) is 18.9 Å². The molecule has 23 heavy (non-hydrogen) atoms. The predicted octanol–water partition coefficient (Wildman–Crippen LogP) is 0.557. The van der Waals surface area contributed by atoms with Crippen LogP contribution in [0.25, 0.3) is 0 Å². The average molecular weight is 318 g/mol. The van der Waals surface area contributed by atoms with Crippen LogP contribution in [0.15, 0.2) is 35.5 Å². The number of nitrogens with zero attached hydrogens (tertiary/aromatic N) is 2. The Morgan fingerprint density at radius 3 is 2.65 bits per heavy atom. The molecular formula is C15H14N2O6. The second-order valence-corrected chi connectivity index (χ2v) is 4.97. The number of hydrogen-bond acceptors (Lipinski definition) is 7. The van der Waals surface area contributed by atoms with Crippen molar-refractivity contribution in [2.45, 2.75) is 6.10 Å². The molecule has 1 aromatic rings. The number of cyclic esters (lactones) is 1. The molecule has 0 spiro atoms. The Labute approximate surface area is 131 Å². The summed E-state index contributed by atoms with van der Waals surface area (Å²) in [6.45, 7) is 0.253. The van der Waals surface area contributed by atoms with Crippen molar-refractivity contribution in [1.29, 1.82) is 0 Å². The molecule has 0 aliphatic carbocycles. The number of methoxy groups -OCH3 is 1. The molecule has 120 valence electrons. The summed E-state index contributed by atoms with van der Waals surface area (Å²) in [5.74, 6) is -2.39. The van der Waals surface area contributed by atoms with E-state index >= 15 is 0 Å². The molecule has 1 fully saturated rings. The van der Waals surface area contributed by atoms with Gasteiger partial charge in [0.15, 0.2) is 0 Å². The lowest BCUT2D eigenvalue weighted by atomic mass is 9.91. The first-order valence-electron chi connectivity index (χ1n) is 6.98. The second-order valence-electron chi connectivity index (χ2n) is 4.97. The third kappa shape index (κ3) is 2.63. The van der Waals surface area contributed by atoms with E-state index < -0.39 is 30.0 Å². The van der Waals surface area contributed by atoms with Crippen LogP contribution in [0.3, 0.4) is 0 Å². The van der Waals surface area contributed by atoms with E-state index in [1.54, 1.807) is 24.3 Å². The quantitative estimate of drug-likeness (QED) is 0.756. The van der Waals surface area contributed by atoms with Crippen LogP contribution < -0.4 is 0 Å². The monoisotopic (exact) mass is 318 g/mol. The fourth-order valence-corrected chi connectivity index (χ4v) is 2.52. The maximum Gasteiger partial charge on any atom is 0.416 e. The van der Waals surface area contributed by atoms with Crippen LogP contribution in [0.5, 0.6) is 0 Å². The van der Waals surface area contributed by atoms with Crippen molar-refractivity contribution in [3.05, 3.63) is 35.9 Å². The number of carbonyl (C=O) groups is 3. The Morgan fingerprint density at radius 1 is 1.30 bits per heavy atom. The largest absolute Gasteiger partial charge is 0.466 e. The van der Waals surface area contributed by atoms with E-state index in [0.717, 1.165) is 4.90 Å². The smallest absolute Gasteiger partial charge is 0.416 e. The molecule has 1 aromatic carbocycles. The van der Waals surface area contributed by atoms with E-state index in [1.807, 2.05) is 6.07 Å². The third-order valence-electron chi connectivity index (χ3n) is 3.66. The normalized spacial score (nSPS) is 23.1. The average Bonchev–Trinajstić information content (AvgIpc) is 3.20. The molecule has 0 aromatic heterocycles. The molecule has 3 rings (SSSR count). The molecule has 2 atom stereocenters. The van der Waals surface area contributed by atoms with Crippen LogP contribution >= 0.6 is 0 Å². The minimum Gasteiger partial charge on any atom is -0.466 e. The van der Waals surface area contributed by atoms with Crippen LogP contribution in [0, 0.1) is 5.92 Å². The molecule has 1 saturated heterocycles. The summed E-state index contributed by atoms with van der Waals surface area (Å²) in [6, 6.07) is 8.84. The molecule has 0 bridgehead atoms. The molecule has 0 N–H and O–H groups in total. The summed E-state index contributed by atoms with van der Waals surface area (Å²) in [5.41, 5.74) is 0.913. The van der Waals surface area contributed by atoms with E-state index in [9.17, 15) is 14.4 Å². The number of hydrogen-bond donors (Lipinski definition) is 0. The molecule has 2 aliphatic rings. The summed E-state index contributed by atoms with van der Waals surface area (Å²) in [4.78, 5) is 42.3. The van der Waals surface area contributed by atoms with Gasteiger partial charge in [0, 0.05) is 5.56 Å². The van der Waals surface area contributed by atoms with Gasteiger partial charge in [0.1, 0.15) is 18.2 Å². The van der Waals surface area contributed by atoms with Gasteiger partial charge in [0.2, 0.25) is 12.0 Å². The fourth-order valence-electron chi connectivity index (χ4n) is 2.52. The molecular weight excluding hydrogens is 304 g/mol. The van der Waals surface area contributed by atoms with Gasteiger partial charge in [-0.05, 0) is 0 Å². The first-order chi connectivity index (χ1) is 11.1. The molecule has 0 saturated carbocycles. The highest BCUT2D eigenvalue weighted by atomic mass is 16.7. The summed E-state index contributed by atoms with van der Waals surface area (Å²) >= 11 is 0. The molecule has 0 unspecified atom stereocenters. The van der Waals surface area contributed by atoms with Gasteiger partial charge in [-0.1, -0.05) is 35.5 Å². The molecule has 2 heterocycles. The zero-order valence-corrected chi connectivity index (χ0v) is 12.3. The molecule has 2 amide bonds. The Balaban J connectivity index is 1.95. The van der Waals surface area contributed by atoms with Crippen molar-refractivity contribution in [2.75, 3.05) is 20.3 Å². The molecule has 0 radical (unpaired) electrons. The first-order valence-corrected chi connectivity index (χ1v) is 6.98. The van der Waals surface area contributed by atoms with E-state index in [2.05, 4.69) is 9.89 Å². The van der Waals surface area contributed by atoms with E-state index in [0.29, 0.717) is 5.56 Å². The minimum absolute atomic E-state index is 0.124. The van der Waals surface area contributed by atoms with Gasteiger partial charge >= 0.3 is 12.1 Å². The van der Waals surface area contributed by atoms with Crippen LogP contribution in [-0.2, 0) is 23.9 Å². The van der Waals surface area contributed by atoms with E-state index in [1.165, 1.54) is 7.11 Å². The number of benzene rings is 1. The van der Waals surface area contributed by atoms with Gasteiger partial charge < -0.3 is 14.3 Å². The number of amides is 2. The number of esters is 1. The Hall–Kier alpha value is -2.90. The SMILES string of the molecule is COC(=O)[C@@H]1ON=C(c2ccccc2)[C@H]1C(=O)N1CCOC1=O. The zero-order chi connectivity index (χ0) is 16.4. The molecule has 8 nitrogen and oxygen atoms in total. The van der Waals surface area contributed by atoms with Gasteiger partial charge in [-0.15, -0.1) is 0 Å². The summed E-state index contributed by atoms with van der Waals surface area (Å²) in [6.07, 6.45) is -1.96. The van der Waals surface area contributed by atoms with Gasteiger partial charge in [0.05, 0.1) is 13.7 Å². The maximum absolute atomic E-state index is 12.7. The van der Waals surface area contributed by atoms with Gasteiger partial charge in [0.25, 0.3) is 0 Å². The summed E-state index contributed by atoms with van der Waals surface area (Å²) in [5, 5.41) is 3.87. The van der Waals surface area contributed by atoms with Gasteiger partial charge in [-0.25, -0.2) is 14.5 Å². The third-order valence-corrected chi connectivity index (χ3v) is 3.66. The maximum atomic E-state index is 12.7. The number of ether oxygens (including phenoxy) is 2. The highest BCUT2D eigenvalue weighted by Crippen LogP contribution is 2.27. The predicted molar refractivity (Wildman–Crippen MR) is 76.4 cm³/mol. The first kappa shape index (κ1) is 15.0. The van der Waals surface area contributed by atoms with Crippen molar-refractivity contribution in [2.24, 2.45) is 11.1 Å². The van der Waals surface area contributed by atoms with Crippen molar-refractivity contribution in [3.8, 4) is 0 Å². The van der Waals surface area contributed by atoms with Crippen molar-refractivity contribution >= 4 is 23.7 Å². The highest BCUT2D eigenvalue weighted by Gasteiger charge is 2.49. The second kappa shape index (κ2) is 6.07. The molecule has 8 heteroatoms. The van der Waals surface area contributed by atoms with Crippen molar-refractivity contribution in [1.82, 2.24) is 4.90 Å². The number of imide groups is 1. The number of rotatable bonds is 3. The zero-order valence-electron chi connectivity index (χ0n) is 12.3. The van der Waals surface area contributed by atoms with Crippen molar-refractivity contribution < 1.29 is 28.7 Å². The minimum atomic E-state index is -1.23. The Bertz CT molecular complexity index is 672. The summed E-state index contributed by atoms with van der Waals surface area (Å²) in [7, 11) is 1.19. The lowest BCUT2D eigenvalue weighted by molar-refractivity contribution is -0.157. The van der Waals surface area contributed by atoms with Crippen LogP contribution in [-0.4, -0.2) is 54.9 Å². The Kier molecular flexibility index (Phi) is 3.96. The van der Waals surface area contributed by atoms with Crippen LogP contribution in [0.2, 0.25) is 0 Å². The standard InChI is InChI=1S/C15H14N2O6/c1-21-14(19)12-10(13(18)17-7-8-22-15(17)20)11(16-23-12)9-5-3-2-4-6-9/h2-6,10,12H,7-8H2,1H3/t10-,12-/m1/s1. The van der Waals surface area contributed by atoms with Crippen molar-refractivity contribution in [3.63, 3.8) is 0 Å².